The number of rotatable bonds is 3. The molecule has 88 valence electrons. The topological polar surface area (TPSA) is 87.1 Å². The van der Waals surface area contributed by atoms with Crippen molar-refractivity contribution in [3.8, 4) is 0 Å². The van der Waals surface area contributed by atoms with Gasteiger partial charge in [0.1, 0.15) is 18.2 Å². The zero-order valence-corrected chi connectivity index (χ0v) is 8.65. The number of halogens is 1. The van der Waals surface area contributed by atoms with Crippen LogP contribution in [0.3, 0.4) is 0 Å². The summed E-state index contributed by atoms with van der Waals surface area (Å²) in [6, 6.07) is 0. The third-order valence-electron chi connectivity index (χ3n) is 2.13. The highest BCUT2D eigenvalue weighted by Gasteiger charge is 2.32. The van der Waals surface area contributed by atoms with Crippen LogP contribution in [0.4, 0.5) is 9.18 Å². The first-order valence-corrected chi connectivity index (χ1v) is 5.59. The van der Waals surface area contributed by atoms with Crippen molar-refractivity contribution in [3.05, 3.63) is 0 Å². The summed E-state index contributed by atoms with van der Waals surface area (Å²) in [5.41, 5.74) is 0. The van der Waals surface area contributed by atoms with E-state index in [0.717, 1.165) is 4.90 Å². The van der Waals surface area contributed by atoms with Gasteiger partial charge in [-0.15, -0.1) is 0 Å². The summed E-state index contributed by atoms with van der Waals surface area (Å²) < 4.78 is 36.8. The first kappa shape index (κ1) is 12.3. The summed E-state index contributed by atoms with van der Waals surface area (Å²) >= 11 is -2.16. The quantitative estimate of drug-likeness (QED) is 0.693. The molecule has 3 atom stereocenters. The van der Waals surface area contributed by atoms with E-state index in [4.69, 9.17) is 14.4 Å². The Labute approximate surface area is 88.3 Å². The van der Waals surface area contributed by atoms with Gasteiger partial charge in [-0.05, 0) is 6.42 Å². The lowest BCUT2D eigenvalue weighted by Gasteiger charge is -2.32. The van der Waals surface area contributed by atoms with Crippen molar-refractivity contribution in [2.75, 3.05) is 19.0 Å². The van der Waals surface area contributed by atoms with Crippen LogP contribution in [0.25, 0.3) is 0 Å². The van der Waals surface area contributed by atoms with Gasteiger partial charge in [-0.25, -0.2) is 13.4 Å². The van der Waals surface area contributed by atoms with Gasteiger partial charge in [0.25, 0.3) is 0 Å². The minimum absolute atomic E-state index is 0.0506. The largest absolute Gasteiger partial charge is 0.465 e. The Balaban J connectivity index is 2.46. The molecule has 0 bridgehead atoms. The summed E-state index contributed by atoms with van der Waals surface area (Å²) in [6.07, 6.45) is -3.33. The Hall–Kier alpha value is -0.730. The van der Waals surface area contributed by atoms with E-state index < -0.39 is 35.4 Å². The number of alkyl halides is 1. The molecule has 0 aliphatic carbocycles. The molecule has 8 heteroatoms. The Bertz CT molecular complexity index is 264. The number of carboxylic acid groups (broad SMARTS) is 1. The van der Waals surface area contributed by atoms with E-state index in [1.165, 1.54) is 0 Å². The normalized spacial score (nSPS) is 28.8. The molecule has 3 unspecified atom stereocenters. The van der Waals surface area contributed by atoms with Crippen molar-refractivity contribution in [1.29, 1.82) is 0 Å². The summed E-state index contributed by atoms with van der Waals surface area (Å²) in [7, 11) is 0. The number of nitrogens with zero attached hydrogens (tertiary/aromatic N) is 1. The van der Waals surface area contributed by atoms with E-state index in [9.17, 15) is 13.4 Å². The van der Waals surface area contributed by atoms with Gasteiger partial charge in [0.2, 0.25) is 0 Å². The molecule has 1 heterocycles. The van der Waals surface area contributed by atoms with Crippen molar-refractivity contribution in [2.45, 2.75) is 18.7 Å². The molecule has 1 aliphatic heterocycles. The molecular formula is C7H12FNO5S. The Kier molecular flexibility index (Phi) is 4.43. The van der Waals surface area contributed by atoms with Crippen molar-refractivity contribution >= 4 is 17.2 Å². The molecule has 1 saturated heterocycles. The van der Waals surface area contributed by atoms with Gasteiger partial charge in [0, 0.05) is 6.54 Å². The lowest BCUT2D eigenvalue weighted by Crippen LogP contribution is -2.48. The number of likely N-dealkylation sites (tertiary alicyclic amines) is 1. The fourth-order valence-electron chi connectivity index (χ4n) is 1.36. The lowest BCUT2D eigenvalue weighted by atomic mass is 10.1. The van der Waals surface area contributed by atoms with Crippen molar-refractivity contribution in [1.82, 2.24) is 4.90 Å². The zero-order chi connectivity index (χ0) is 11.4. The highest BCUT2D eigenvalue weighted by atomic mass is 32.2. The fraction of sp³-hybridized carbons (Fsp3) is 0.857. The van der Waals surface area contributed by atoms with Crippen LogP contribution < -0.4 is 0 Å². The van der Waals surface area contributed by atoms with Gasteiger partial charge in [0.05, 0.1) is 6.54 Å². The molecule has 0 aromatic rings. The van der Waals surface area contributed by atoms with Gasteiger partial charge in [-0.1, -0.05) is 0 Å². The second-order valence-electron chi connectivity index (χ2n) is 3.18. The van der Waals surface area contributed by atoms with Crippen LogP contribution in [0.1, 0.15) is 6.42 Å². The summed E-state index contributed by atoms with van der Waals surface area (Å²) in [5.74, 6) is -0.501. The molecule has 0 aromatic carbocycles. The van der Waals surface area contributed by atoms with Gasteiger partial charge in [-0.3, -0.25) is 0 Å². The van der Waals surface area contributed by atoms with Gasteiger partial charge < -0.3 is 19.3 Å². The van der Waals surface area contributed by atoms with Crippen molar-refractivity contribution in [3.63, 3.8) is 0 Å². The molecule has 2 N–H and O–H groups in total. The Morgan fingerprint density at radius 3 is 2.87 bits per heavy atom. The maximum Gasteiger partial charge on any atom is 0.407 e. The van der Waals surface area contributed by atoms with Crippen LogP contribution in [0.15, 0.2) is 0 Å². The fourth-order valence-corrected chi connectivity index (χ4v) is 1.66. The summed E-state index contributed by atoms with van der Waals surface area (Å²) in [6.45, 7) is 0.0201. The van der Waals surface area contributed by atoms with Crippen LogP contribution in [0.5, 0.6) is 0 Å². The average molecular weight is 241 g/mol. The van der Waals surface area contributed by atoms with E-state index in [0.29, 0.717) is 0 Å². The van der Waals surface area contributed by atoms with Crippen LogP contribution in [-0.4, -0.2) is 56.2 Å². The van der Waals surface area contributed by atoms with E-state index in [1.54, 1.807) is 0 Å². The van der Waals surface area contributed by atoms with Gasteiger partial charge in [0.15, 0.2) is 11.1 Å². The molecule has 0 radical (unpaired) electrons. The molecule has 15 heavy (non-hydrogen) atoms. The van der Waals surface area contributed by atoms with E-state index in [1.807, 2.05) is 0 Å². The highest BCUT2D eigenvalue weighted by Crippen LogP contribution is 2.17. The average Bonchev–Trinajstić information content (AvgIpc) is 2.16. The Morgan fingerprint density at radius 1 is 1.67 bits per heavy atom. The second-order valence-corrected chi connectivity index (χ2v) is 4.06. The smallest absolute Gasteiger partial charge is 0.407 e. The highest BCUT2D eigenvalue weighted by molar-refractivity contribution is 7.79. The third-order valence-corrected chi connectivity index (χ3v) is 2.47. The maximum atomic E-state index is 13.2. The van der Waals surface area contributed by atoms with Crippen molar-refractivity contribution < 1.29 is 27.8 Å². The van der Waals surface area contributed by atoms with Crippen molar-refractivity contribution in [2.24, 2.45) is 0 Å². The third kappa shape index (κ3) is 3.73. The lowest BCUT2D eigenvalue weighted by molar-refractivity contribution is -0.0278. The molecule has 1 amide bonds. The molecule has 1 rings (SSSR count). The first-order chi connectivity index (χ1) is 7.00. The van der Waals surface area contributed by atoms with Crippen LogP contribution in [0, 0.1) is 0 Å². The van der Waals surface area contributed by atoms with Crippen LogP contribution in [0.2, 0.25) is 0 Å². The minimum Gasteiger partial charge on any atom is -0.465 e. The summed E-state index contributed by atoms with van der Waals surface area (Å²) in [5, 5.41) is 8.66. The predicted octanol–water partition coefficient (Wildman–Crippen LogP) is 0.273. The number of hydrogen-bond acceptors (Lipinski definition) is 3. The Morgan fingerprint density at radius 2 is 2.33 bits per heavy atom. The predicted molar refractivity (Wildman–Crippen MR) is 49.6 cm³/mol. The number of hydrogen-bond donors (Lipinski definition) is 2. The SMILES string of the molecule is O=C(O)N1CCC(F)C(OCS(=O)O)C1. The number of amides is 1. The molecule has 0 saturated carbocycles. The van der Waals surface area contributed by atoms with Crippen LogP contribution >= 0.6 is 0 Å². The van der Waals surface area contributed by atoms with Crippen LogP contribution in [-0.2, 0) is 15.8 Å². The van der Waals surface area contributed by atoms with Gasteiger partial charge >= 0.3 is 6.09 Å². The second kappa shape index (κ2) is 5.38. The monoisotopic (exact) mass is 241 g/mol. The molecule has 6 nitrogen and oxygen atoms in total. The zero-order valence-electron chi connectivity index (χ0n) is 7.84. The first-order valence-electron chi connectivity index (χ1n) is 4.31. The number of carbonyl (C=O) groups is 1. The minimum atomic E-state index is -2.16. The molecule has 0 spiro atoms. The van der Waals surface area contributed by atoms with E-state index in [-0.39, 0.29) is 19.5 Å². The van der Waals surface area contributed by atoms with E-state index >= 15 is 0 Å². The maximum absolute atomic E-state index is 13.2. The molecule has 1 fully saturated rings. The number of piperidine rings is 1. The molecule has 0 aromatic heterocycles. The number of ether oxygens (including phenoxy) is 1. The standard InChI is InChI=1S/C7H12FNO5S/c8-5-1-2-9(7(10)11)3-6(5)14-4-15(12)13/h5-6H,1-4H2,(H,10,11)(H,12,13). The molecular weight excluding hydrogens is 229 g/mol. The molecule has 1 aliphatic rings. The van der Waals surface area contributed by atoms with E-state index in [2.05, 4.69) is 0 Å². The van der Waals surface area contributed by atoms with Gasteiger partial charge in [-0.2, -0.15) is 0 Å². The summed E-state index contributed by atoms with van der Waals surface area (Å²) in [4.78, 5) is 11.6.